The average molecular weight is 404 g/mol. The Kier molecular flexibility index (Phi) is 5.14. The van der Waals surface area contributed by atoms with E-state index in [1.165, 1.54) is 18.4 Å². The lowest BCUT2D eigenvalue weighted by atomic mass is 10.1. The summed E-state index contributed by atoms with van der Waals surface area (Å²) in [5.74, 6) is -0.461. The molecule has 6 nitrogen and oxygen atoms in total. The minimum atomic E-state index is -0.461. The molecule has 146 valence electrons. The van der Waals surface area contributed by atoms with Crippen LogP contribution in [-0.4, -0.2) is 41.9 Å². The van der Waals surface area contributed by atoms with Gasteiger partial charge in [0.05, 0.1) is 12.8 Å². The van der Waals surface area contributed by atoms with Gasteiger partial charge in [-0.1, -0.05) is 60.7 Å². The van der Waals surface area contributed by atoms with Gasteiger partial charge in [0, 0.05) is 30.6 Å². The Morgan fingerprint density at radius 1 is 1.00 bits per heavy atom. The fourth-order valence-corrected chi connectivity index (χ4v) is 3.93. The topological polar surface area (TPSA) is 60.3 Å². The number of carbonyl (C=O) groups is 1. The van der Waals surface area contributed by atoms with E-state index in [0.29, 0.717) is 5.13 Å². The summed E-state index contributed by atoms with van der Waals surface area (Å²) in [5, 5.41) is 7.21. The van der Waals surface area contributed by atoms with Crippen LogP contribution in [0.5, 0.6) is 0 Å². The van der Waals surface area contributed by atoms with E-state index in [2.05, 4.69) is 9.88 Å². The highest BCUT2D eigenvalue weighted by molar-refractivity contribution is 7.12. The number of ether oxygens (including phenoxy) is 1. The van der Waals surface area contributed by atoms with Crippen molar-refractivity contribution in [3.63, 3.8) is 0 Å². The number of esters is 1. The molecule has 29 heavy (non-hydrogen) atoms. The summed E-state index contributed by atoms with van der Waals surface area (Å²) in [6, 6.07) is 20.1. The normalized spacial score (nSPS) is 10.7. The lowest BCUT2D eigenvalue weighted by Crippen LogP contribution is -2.11. The number of thiazole rings is 1. The molecule has 0 radical (unpaired) electrons. The number of nitrogens with zero attached hydrogens (tertiary/aromatic N) is 4. The predicted molar refractivity (Wildman–Crippen MR) is 116 cm³/mol. The SMILES string of the molecule is COC(=O)c1csc(-n2nc(-c3ccccc3)c(N(C)C)c2-c2ccccc2)n1. The molecule has 0 atom stereocenters. The lowest BCUT2D eigenvalue weighted by molar-refractivity contribution is 0.0595. The van der Waals surface area contributed by atoms with Crippen LogP contribution in [0.4, 0.5) is 5.69 Å². The number of hydrogen-bond acceptors (Lipinski definition) is 6. The van der Waals surface area contributed by atoms with E-state index in [1.807, 2.05) is 79.4 Å². The van der Waals surface area contributed by atoms with Crippen molar-refractivity contribution in [1.29, 1.82) is 0 Å². The molecule has 0 spiro atoms. The maximum atomic E-state index is 11.9. The summed E-state index contributed by atoms with van der Waals surface area (Å²) in [7, 11) is 5.35. The molecule has 2 aromatic heterocycles. The Morgan fingerprint density at radius 2 is 1.62 bits per heavy atom. The van der Waals surface area contributed by atoms with E-state index >= 15 is 0 Å². The van der Waals surface area contributed by atoms with Crippen molar-refractivity contribution in [3.05, 3.63) is 71.7 Å². The number of methoxy groups -OCH3 is 1. The summed E-state index contributed by atoms with van der Waals surface area (Å²) in [6.07, 6.45) is 0. The second-order valence-corrected chi connectivity index (χ2v) is 7.43. The quantitative estimate of drug-likeness (QED) is 0.458. The molecular weight excluding hydrogens is 384 g/mol. The second kappa shape index (κ2) is 7.89. The van der Waals surface area contributed by atoms with E-state index in [9.17, 15) is 4.79 Å². The van der Waals surface area contributed by atoms with Crippen molar-refractivity contribution >= 4 is 23.0 Å². The van der Waals surface area contributed by atoms with E-state index in [4.69, 9.17) is 9.84 Å². The third kappa shape index (κ3) is 3.52. The van der Waals surface area contributed by atoms with Crippen LogP contribution in [0.1, 0.15) is 10.5 Å². The summed E-state index contributed by atoms with van der Waals surface area (Å²) >= 11 is 1.35. The van der Waals surface area contributed by atoms with Crippen LogP contribution in [0.15, 0.2) is 66.0 Å². The Labute approximate surface area is 173 Å². The van der Waals surface area contributed by atoms with Crippen LogP contribution < -0.4 is 4.90 Å². The molecule has 0 saturated heterocycles. The molecule has 7 heteroatoms. The smallest absolute Gasteiger partial charge is 0.357 e. The van der Waals surface area contributed by atoms with Gasteiger partial charge in [0.2, 0.25) is 5.13 Å². The Bertz CT molecular complexity index is 1130. The highest BCUT2D eigenvalue weighted by Crippen LogP contribution is 2.40. The van der Waals surface area contributed by atoms with Crippen LogP contribution in [-0.2, 0) is 4.74 Å². The van der Waals surface area contributed by atoms with E-state index in [-0.39, 0.29) is 5.69 Å². The Hall–Kier alpha value is -3.45. The minimum Gasteiger partial charge on any atom is -0.464 e. The van der Waals surface area contributed by atoms with Crippen molar-refractivity contribution in [3.8, 4) is 27.6 Å². The van der Waals surface area contributed by atoms with E-state index in [0.717, 1.165) is 28.2 Å². The first-order valence-corrected chi connectivity index (χ1v) is 9.93. The van der Waals surface area contributed by atoms with Gasteiger partial charge in [0.1, 0.15) is 11.4 Å². The fourth-order valence-electron chi connectivity index (χ4n) is 3.18. The molecule has 0 amide bonds. The number of hydrogen-bond donors (Lipinski definition) is 0. The first-order chi connectivity index (χ1) is 14.1. The zero-order chi connectivity index (χ0) is 20.4. The van der Waals surface area contributed by atoms with Gasteiger partial charge in [-0.2, -0.15) is 5.10 Å². The van der Waals surface area contributed by atoms with Gasteiger partial charge in [-0.15, -0.1) is 11.3 Å². The fraction of sp³-hybridized carbons (Fsp3) is 0.136. The van der Waals surface area contributed by atoms with Gasteiger partial charge in [-0.25, -0.2) is 14.5 Å². The predicted octanol–water partition coefficient (Wildman–Crippen LogP) is 4.52. The van der Waals surface area contributed by atoms with Gasteiger partial charge in [0.25, 0.3) is 0 Å². The molecule has 4 rings (SSSR count). The molecule has 0 aliphatic rings. The number of benzene rings is 2. The molecule has 0 aliphatic carbocycles. The molecule has 0 saturated carbocycles. The third-order valence-electron chi connectivity index (χ3n) is 4.47. The van der Waals surface area contributed by atoms with Crippen LogP contribution in [0.25, 0.3) is 27.6 Å². The van der Waals surface area contributed by atoms with Crippen LogP contribution in [0.2, 0.25) is 0 Å². The number of anilines is 1. The van der Waals surface area contributed by atoms with Crippen molar-refractivity contribution in [2.24, 2.45) is 0 Å². The molecule has 2 aromatic carbocycles. The first kappa shape index (κ1) is 18.9. The number of rotatable bonds is 5. The molecular formula is C22H20N4O2S. The summed E-state index contributed by atoms with van der Waals surface area (Å²) < 4.78 is 6.61. The van der Waals surface area contributed by atoms with Crippen molar-refractivity contribution < 1.29 is 9.53 Å². The summed E-state index contributed by atoms with van der Waals surface area (Å²) in [6.45, 7) is 0. The van der Waals surface area contributed by atoms with Gasteiger partial charge in [-0.05, 0) is 0 Å². The lowest BCUT2D eigenvalue weighted by Gasteiger charge is -2.16. The molecule has 0 aliphatic heterocycles. The molecule has 0 unspecified atom stereocenters. The zero-order valence-corrected chi connectivity index (χ0v) is 17.2. The Morgan fingerprint density at radius 3 is 2.21 bits per heavy atom. The van der Waals surface area contributed by atoms with Gasteiger partial charge in [0.15, 0.2) is 5.69 Å². The van der Waals surface area contributed by atoms with Crippen LogP contribution in [0, 0.1) is 0 Å². The number of carbonyl (C=O) groups excluding carboxylic acids is 1. The van der Waals surface area contributed by atoms with Gasteiger partial charge in [-0.3, -0.25) is 0 Å². The summed E-state index contributed by atoms with van der Waals surface area (Å²) in [5.41, 5.74) is 5.05. The van der Waals surface area contributed by atoms with Crippen LogP contribution in [0.3, 0.4) is 0 Å². The summed E-state index contributed by atoms with van der Waals surface area (Å²) in [4.78, 5) is 18.4. The van der Waals surface area contributed by atoms with Crippen LogP contribution >= 0.6 is 11.3 Å². The molecule has 2 heterocycles. The molecule has 0 N–H and O–H groups in total. The largest absolute Gasteiger partial charge is 0.464 e. The number of aromatic nitrogens is 3. The van der Waals surface area contributed by atoms with E-state index < -0.39 is 5.97 Å². The third-order valence-corrected chi connectivity index (χ3v) is 5.29. The standard InChI is InChI=1S/C22H20N4O2S/c1-25(2)20-18(15-10-6-4-7-11-15)24-26(19(20)16-12-8-5-9-13-16)22-23-17(14-29-22)21(27)28-3/h4-14H,1-3H3. The van der Waals surface area contributed by atoms with Gasteiger partial charge < -0.3 is 9.64 Å². The second-order valence-electron chi connectivity index (χ2n) is 6.59. The Balaban J connectivity index is 1.99. The van der Waals surface area contributed by atoms with Crippen molar-refractivity contribution in [1.82, 2.24) is 14.8 Å². The van der Waals surface area contributed by atoms with Gasteiger partial charge >= 0.3 is 5.97 Å². The van der Waals surface area contributed by atoms with Crippen molar-refractivity contribution in [2.75, 3.05) is 26.1 Å². The monoisotopic (exact) mass is 404 g/mol. The zero-order valence-electron chi connectivity index (χ0n) is 16.4. The van der Waals surface area contributed by atoms with E-state index in [1.54, 1.807) is 5.38 Å². The molecule has 0 fully saturated rings. The minimum absolute atomic E-state index is 0.273. The highest BCUT2D eigenvalue weighted by atomic mass is 32.1. The highest BCUT2D eigenvalue weighted by Gasteiger charge is 2.25. The molecule has 0 bridgehead atoms. The maximum absolute atomic E-state index is 11.9. The molecule has 4 aromatic rings. The maximum Gasteiger partial charge on any atom is 0.357 e. The van der Waals surface area contributed by atoms with Crippen molar-refractivity contribution in [2.45, 2.75) is 0 Å². The first-order valence-electron chi connectivity index (χ1n) is 9.05. The average Bonchev–Trinajstić information content (AvgIpc) is 3.39.